The van der Waals surface area contributed by atoms with Crippen LogP contribution in [0.4, 0.5) is 10.1 Å². The molecule has 2 unspecified atom stereocenters. The molecule has 0 amide bonds. The molecule has 2 aromatic rings. The Labute approximate surface area is 118 Å². The van der Waals surface area contributed by atoms with Gasteiger partial charge in [0, 0.05) is 7.11 Å². The lowest BCUT2D eigenvalue weighted by Crippen LogP contribution is -2.19. The molecular formula is C12H11FN4O2S. The number of nitrogens with one attached hydrogen (secondary N) is 2. The summed E-state index contributed by atoms with van der Waals surface area (Å²) in [4.78, 5) is 4.46. The maximum absolute atomic E-state index is 13.6. The number of benzene rings is 1. The van der Waals surface area contributed by atoms with Gasteiger partial charge in [-0.1, -0.05) is 6.07 Å². The molecule has 20 heavy (non-hydrogen) atoms. The van der Waals surface area contributed by atoms with Gasteiger partial charge in [0.1, 0.15) is 5.69 Å². The monoisotopic (exact) mass is 294 g/mol. The minimum atomic E-state index is -0.483. The van der Waals surface area contributed by atoms with Crippen LogP contribution >= 0.6 is 11.8 Å². The molecule has 0 radical (unpaired) electrons. The van der Waals surface area contributed by atoms with E-state index in [2.05, 4.69) is 15.7 Å². The zero-order valence-corrected chi connectivity index (χ0v) is 11.3. The van der Waals surface area contributed by atoms with Crippen LogP contribution in [0.1, 0.15) is 11.9 Å². The summed E-state index contributed by atoms with van der Waals surface area (Å²) in [6, 6.07) is 4.79. The van der Waals surface area contributed by atoms with Crippen molar-refractivity contribution in [3.8, 4) is 5.75 Å². The van der Waals surface area contributed by atoms with Gasteiger partial charge in [-0.3, -0.25) is 5.43 Å². The van der Waals surface area contributed by atoms with E-state index >= 15 is 0 Å². The van der Waals surface area contributed by atoms with Crippen LogP contribution in [0, 0.1) is 5.82 Å². The predicted molar refractivity (Wildman–Crippen MR) is 71.6 cm³/mol. The molecule has 2 N–H and O–H groups in total. The van der Waals surface area contributed by atoms with E-state index in [9.17, 15) is 4.39 Å². The summed E-state index contributed by atoms with van der Waals surface area (Å²) >= 11 is 1.46. The first-order valence-electron chi connectivity index (χ1n) is 6.01. The molecule has 3 heterocycles. The molecule has 104 valence electrons. The largest absolute Gasteiger partial charge is 0.459 e. The summed E-state index contributed by atoms with van der Waals surface area (Å²) in [6.45, 7) is 0. The molecule has 1 aromatic carbocycles. The van der Waals surface area contributed by atoms with Crippen molar-refractivity contribution in [2.45, 2.75) is 16.9 Å². The number of halogens is 1. The van der Waals surface area contributed by atoms with Gasteiger partial charge in [-0.05, 0) is 23.9 Å². The minimum Gasteiger partial charge on any atom is -0.459 e. The van der Waals surface area contributed by atoms with Crippen LogP contribution in [0.5, 0.6) is 5.75 Å². The number of nitrogens with zero attached hydrogens (tertiary/aromatic N) is 2. The van der Waals surface area contributed by atoms with Gasteiger partial charge in [0.2, 0.25) is 6.23 Å². The lowest BCUT2D eigenvalue weighted by Gasteiger charge is -2.10. The van der Waals surface area contributed by atoms with Crippen molar-refractivity contribution in [2.75, 3.05) is 17.9 Å². The molecule has 8 heteroatoms. The van der Waals surface area contributed by atoms with Gasteiger partial charge in [0.15, 0.2) is 22.3 Å². The summed E-state index contributed by atoms with van der Waals surface area (Å²) in [6.07, 6.45) is 1.33. The van der Waals surface area contributed by atoms with Crippen LogP contribution in [0.3, 0.4) is 0 Å². The predicted octanol–water partition coefficient (Wildman–Crippen LogP) is 2.10. The fraction of sp³-hybridized carbons (Fsp3) is 0.250. The van der Waals surface area contributed by atoms with Crippen LogP contribution in [0.25, 0.3) is 0 Å². The van der Waals surface area contributed by atoms with E-state index in [1.54, 1.807) is 23.9 Å². The molecule has 2 aliphatic heterocycles. The van der Waals surface area contributed by atoms with Crippen molar-refractivity contribution in [3.63, 3.8) is 0 Å². The Morgan fingerprint density at radius 1 is 1.50 bits per heavy atom. The first-order valence-corrected chi connectivity index (χ1v) is 6.89. The molecule has 0 saturated heterocycles. The lowest BCUT2D eigenvalue weighted by molar-refractivity contribution is 0.187. The molecular weight excluding hydrogens is 283 g/mol. The number of ether oxygens (including phenoxy) is 2. The highest BCUT2D eigenvalue weighted by atomic mass is 32.2. The summed E-state index contributed by atoms with van der Waals surface area (Å²) in [7, 11) is 1.62. The smallest absolute Gasteiger partial charge is 0.215 e. The molecule has 0 saturated carbocycles. The Balaban J connectivity index is 1.59. The summed E-state index contributed by atoms with van der Waals surface area (Å²) < 4.78 is 26.2. The van der Waals surface area contributed by atoms with Crippen LogP contribution in [0.2, 0.25) is 0 Å². The summed E-state index contributed by atoms with van der Waals surface area (Å²) in [5.41, 5.74) is 4.28. The van der Waals surface area contributed by atoms with Gasteiger partial charge in [-0.15, -0.1) is 0 Å². The van der Waals surface area contributed by atoms with Gasteiger partial charge in [-0.25, -0.2) is 14.1 Å². The summed E-state index contributed by atoms with van der Waals surface area (Å²) in [5.74, 6) is -0.141. The fourth-order valence-corrected chi connectivity index (χ4v) is 3.02. The Kier molecular flexibility index (Phi) is 2.54. The van der Waals surface area contributed by atoms with Gasteiger partial charge < -0.3 is 14.8 Å². The number of rotatable bonds is 2. The average molecular weight is 294 g/mol. The van der Waals surface area contributed by atoms with Gasteiger partial charge >= 0.3 is 0 Å². The van der Waals surface area contributed by atoms with Crippen molar-refractivity contribution in [3.05, 3.63) is 35.9 Å². The maximum Gasteiger partial charge on any atom is 0.215 e. The third-order valence-corrected chi connectivity index (χ3v) is 4.13. The van der Waals surface area contributed by atoms with Crippen molar-refractivity contribution >= 4 is 17.4 Å². The van der Waals surface area contributed by atoms with Crippen LogP contribution in [0.15, 0.2) is 29.6 Å². The highest BCUT2D eigenvalue weighted by Crippen LogP contribution is 2.40. The Hall–Kier alpha value is -1.93. The molecule has 1 aromatic heterocycles. The number of fused-ring (bicyclic) bond motifs is 2. The zero-order chi connectivity index (χ0) is 13.7. The van der Waals surface area contributed by atoms with Gasteiger partial charge in [-0.2, -0.15) is 0 Å². The second-order valence-electron chi connectivity index (χ2n) is 4.39. The van der Waals surface area contributed by atoms with Crippen LogP contribution in [-0.4, -0.2) is 22.3 Å². The molecule has 0 fully saturated rings. The number of thioether (sulfide) groups is 1. The highest BCUT2D eigenvalue weighted by Gasteiger charge is 2.31. The number of anilines is 1. The van der Waals surface area contributed by atoms with Gasteiger partial charge in [0.05, 0.1) is 11.9 Å². The molecule has 0 aliphatic carbocycles. The Morgan fingerprint density at radius 3 is 3.15 bits per heavy atom. The van der Waals surface area contributed by atoms with Crippen LogP contribution < -0.4 is 15.5 Å². The van der Waals surface area contributed by atoms with E-state index in [1.165, 1.54) is 17.8 Å². The maximum atomic E-state index is 13.6. The van der Waals surface area contributed by atoms with Crippen molar-refractivity contribution in [1.82, 2.24) is 9.66 Å². The average Bonchev–Trinajstić information content (AvgIpc) is 3.09. The highest BCUT2D eigenvalue weighted by molar-refractivity contribution is 7.99. The quantitative estimate of drug-likeness (QED) is 0.884. The number of methoxy groups -OCH3 is 1. The molecule has 0 bridgehead atoms. The van der Waals surface area contributed by atoms with Crippen LogP contribution in [-0.2, 0) is 4.74 Å². The van der Waals surface area contributed by atoms with Crippen molar-refractivity contribution in [2.24, 2.45) is 0 Å². The third-order valence-electron chi connectivity index (χ3n) is 3.12. The van der Waals surface area contributed by atoms with Crippen molar-refractivity contribution in [1.29, 1.82) is 0 Å². The number of aromatic nitrogens is 2. The molecule has 2 aliphatic rings. The topological polar surface area (TPSA) is 60.3 Å². The Bertz CT molecular complexity index is 654. The number of hydrogen-bond donors (Lipinski definition) is 2. The molecule has 2 atom stereocenters. The number of para-hydroxylation sites is 1. The zero-order valence-electron chi connectivity index (χ0n) is 10.5. The van der Waals surface area contributed by atoms with E-state index in [0.29, 0.717) is 11.4 Å². The molecule has 4 rings (SSSR count). The Morgan fingerprint density at radius 2 is 2.40 bits per heavy atom. The van der Waals surface area contributed by atoms with Crippen molar-refractivity contribution < 1.29 is 13.9 Å². The second-order valence-corrected chi connectivity index (χ2v) is 5.42. The van der Waals surface area contributed by atoms with Gasteiger partial charge in [0.25, 0.3) is 0 Å². The number of imidazole rings is 1. The fourth-order valence-electron chi connectivity index (χ4n) is 2.18. The standard InChI is InChI=1S/C12H11FN4O2S/c1-18-12-16-17-5-8(15-11(17)20-12)10-14-7-4-2-3-6(13)9(7)19-10/h2-5,10,12,14,16H,1H3. The normalized spacial score (nSPS) is 22.7. The lowest BCUT2D eigenvalue weighted by atomic mass is 10.3. The molecule has 6 nitrogen and oxygen atoms in total. The van der Waals surface area contributed by atoms with E-state index in [4.69, 9.17) is 9.47 Å². The first-order chi connectivity index (χ1) is 9.74. The minimum absolute atomic E-state index is 0.140. The second kappa shape index (κ2) is 4.29. The first kappa shape index (κ1) is 11.9. The third kappa shape index (κ3) is 1.72. The van der Waals surface area contributed by atoms with E-state index in [0.717, 1.165) is 5.16 Å². The van der Waals surface area contributed by atoms with E-state index in [-0.39, 0.29) is 17.1 Å². The number of hydrogen-bond acceptors (Lipinski definition) is 6. The SMILES string of the molecule is COC1Nn2cc(C3Nc4cccc(F)c4O3)nc2S1. The molecule has 0 spiro atoms. The van der Waals surface area contributed by atoms with E-state index in [1.807, 2.05) is 6.20 Å². The summed E-state index contributed by atoms with van der Waals surface area (Å²) in [5, 5.41) is 3.88. The van der Waals surface area contributed by atoms with E-state index < -0.39 is 6.23 Å².